The smallest absolute Gasteiger partial charge is 0.0207 e. The van der Waals surface area contributed by atoms with E-state index < -0.39 is 0 Å². The lowest BCUT2D eigenvalue weighted by Gasteiger charge is -2.41. The number of hydrogen-bond donors (Lipinski definition) is 1. The molecule has 2 fully saturated rings. The minimum absolute atomic E-state index is 0.799. The highest BCUT2D eigenvalue weighted by atomic mass is 15.2. The van der Waals surface area contributed by atoms with Gasteiger partial charge in [-0.25, -0.2) is 0 Å². The molecule has 2 aliphatic heterocycles. The normalized spacial score (nSPS) is 39.4. The average Bonchev–Trinajstić information content (AvgIpc) is 2.14. The molecule has 2 aliphatic rings. The molecule has 0 aromatic heterocycles. The third-order valence-electron chi connectivity index (χ3n) is 4.07. The van der Waals surface area contributed by atoms with Crippen LogP contribution in [0.25, 0.3) is 0 Å². The Kier molecular flexibility index (Phi) is 3.45. The Hall–Kier alpha value is -0.0800. The molecule has 2 rings (SSSR count). The molecule has 2 heterocycles. The summed E-state index contributed by atoms with van der Waals surface area (Å²) >= 11 is 0. The summed E-state index contributed by atoms with van der Waals surface area (Å²) in [4.78, 5) is 2.70. The largest absolute Gasteiger partial charge is 0.313 e. The second-order valence-electron chi connectivity index (χ2n) is 5.09. The van der Waals surface area contributed by atoms with Crippen LogP contribution in [0.4, 0.5) is 0 Å². The highest BCUT2D eigenvalue weighted by Crippen LogP contribution is 2.24. The number of rotatable bonds is 3. The van der Waals surface area contributed by atoms with Gasteiger partial charge >= 0.3 is 0 Å². The Bertz CT molecular complexity index is 175. The van der Waals surface area contributed by atoms with Gasteiger partial charge in [0.05, 0.1) is 0 Å². The van der Waals surface area contributed by atoms with Gasteiger partial charge in [-0.3, -0.25) is 4.90 Å². The number of piperidine rings is 1. The predicted octanol–water partition coefficient (Wildman–Crippen LogP) is 1.86. The van der Waals surface area contributed by atoms with E-state index in [9.17, 15) is 0 Å². The molecule has 3 atom stereocenters. The number of nitrogens with one attached hydrogen (secondary N) is 1. The summed E-state index contributed by atoms with van der Waals surface area (Å²) in [5.74, 6) is 0.964. The quantitative estimate of drug-likeness (QED) is 0.741. The van der Waals surface area contributed by atoms with Gasteiger partial charge in [0.2, 0.25) is 0 Å². The van der Waals surface area contributed by atoms with E-state index in [1.54, 1.807) is 0 Å². The molecular formula is C12H24N2. The zero-order valence-electron chi connectivity index (χ0n) is 9.63. The van der Waals surface area contributed by atoms with E-state index in [1.807, 2.05) is 0 Å². The van der Waals surface area contributed by atoms with Crippen LogP contribution in [0.2, 0.25) is 0 Å². The maximum atomic E-state index is 3.50. The molecule has 1 N–H and O–H groups in total. The van der Waals surface area contributed by atoms with Gasteiger partial charge in [0.15, 0.2) is 0 Å². The van der Waals surface area contributed by atoms with Crippen molar-refractivity contribution >= 4 is 0 Å². The summed E-state index contributed by atoms with van der Waals surface area (Å²) in [5.41, 5.74) is 0. The standard InChI is InChI=1S/C12H24N2/c1-3-11-5-4-10(2)14(8-11)9-12-6-7-13-12/h10-13H,3-9H2,1-2H3/t10-,11+,12?/m0/s1. The second kappa shape index (κ2) is 4.63. The van der Waals surface area contributed by atoms with Gasteiger partial charge in [-0.05, 0) is 38.6 Å². The summed E-state index contributed by atoms with van der Waals surface area (Å²) in [6.45, 7) is 8.60. The molecule has 2 saturated heterocycles. The molecule has 14 heavy (non-hydrogen) atoms. The van der Waals surface area contributed by atoms with E-state index in [0.717, 1.165) is 18.0 Å². The first-order valence-electron chi connectivity index (χ1n) is 6.27. The molecular weight excluding hydrogens is 172 g/mol. The van der Waals surface area contributed by atoms with E-state index in [0.29, 0.717) is 0 Å². The van der Waals surface area contributed by atoms with Gasteiger partial charge in [0, 0.05) is 25.2 Å². The predicted molar refractivity (Wildman–Crippen MR) is 60.5 cm³/mol. The lowest BCUT2D eigenvalue weighted by atomic mass is 9.90. The Balaban J connectivity index is 1.80. The van der Waals surface area contributed by atoms with Crippen molar-refractivity contribution in [3.63, 3.8) is 0 Å². The first-order chi connectivity index (χ1) is 6.79. The molecule has 1 unspecified atom stereocenters. The molecule has 2 nitrogen and oxygen atoms in total. The fourth-order valence-corrected chi connectivity index (χ4v) is 2.64. The van der Waals surface area contributed by atoms with Crippen LogP contribution in [-0.2, 0) is 0 Å². The van der Waals surface area contributed by atoms with Gasteiger partial charge in [-0.15, -0.1) is 0 Å². The van der Waals surface area contributed by atoms with Crippen molar-refractivity contribution in [1.82, 2.24) is 10.2 Å². The van der Waals surface area contributed by atoms with E-state index in [4.69, 9.17) is 0 Å². The summed E-state index contributed by atoms with van der Waals surface area (Å²) in [6, 6.07) is 1.62. The SMILES string of the molecule is CC[C@@H]1CC[C@H](C)N(CC2CCN2)C1. The number of hydrogen-bond acceptors (Lipinski definition) is 2. The topological polar surface area (TPSA) is 15.3 Å². The van der Waals surface area contributed by atoms with Crippen molar-refractivity contribution < 1.29 is 0 Å². The zero-order valence-corrected chi connectivity index (χ0v) is 9.63. The van der Waals surface area contributed by atoms with Crippen LogP contribution in [0.1, 0.15) is 39.5 Å². The zero-order chi connectivity index (χ0) is 9.97. The second-order valence-corrected chi connectivity index (χ2v) is 5.09. The van der Waals surface area contributed by atoms with Crippen molar-refractivity contribution in [2.45, 2.75) is 51.6 Å². The van der Waals surface area contributed by atoms with Crippen LogP contribution in [0, 0.1) is 5.92 Å². The van der Waals surface area contributed by atoms with E-state index in [2.05, 4.69) is 24.1 Å². The Morgan fingerprint density at radius 2 is 2.07 bits per heavy atom. The fraction of sp³-hybridized carbons (Fsp3) is 1.00. The summed E-state index contributed by atoms with van der Waals surface area (Å²) in [5, 5.41) is 3.50. The van der Waals surface area contributed by atoms with Crippen molar-refractivity contribution in [2.75, 3.05) is 19.6 Å². The molecule has 0 saturated carbocycles. The molecule has 0 aromatic rings. The van der Waals surface area contributed by atoms with Crippen molar-refractivity contribution in [1.29, 1.82) is 0 Å². The molecule has 0 bridgehead atoms. The molecule has 2 heteroatoms. The minimum atomic E-state index is 0.799. The molecule has 0 aromatic carbocycles. The van der Waals surface area contributed by atoms with E-state index in [1.165, 1.54) is 45.3 Å². The van der Waals surface area contributed by atoms with Crippen LogP contribution in [0.15, 0.2) is 0 Å². The molecule has 82 valence electrons. The van der Waals surface area contributed by atoms with Gasteiger partial charge in [-0.2, -0.15) is 0 Å². The summed E-state index contributed by atoms with van der Waals surface area (Å²) in [6.07, 6.45) is 5.61. The summed E-state index contributed by atoms with van der Waals surface area (Å²) in [7, 11) is 0. The highest BCUT2D eigenvalue weighted by Gasteiger charge is 2.27. The van der Waals surface area contributed by atoms with Crippen molar-refractivity contribution in [3.8, 4) is 0 Å². The first kappa shape index (κ1) is 10.4. The Labute approximate surface area is 88.1 Å². The van der Waals surface area contributed by atoms with Crippen LogP contribution >= 0.6 is 0 Å². The maximum absolute atomic E-state index is 3.50. The fourth-order valence-electron chi connectivity index (χ4n) is 2.64. The highest BCUT2D eigenvalue weighted by molar-refractivity contribution is 4.86. The molecule has 0 amide bonds. The summed E-state index contributed by atoms with van der Waals surface area (Å²) < 4.78 is 0. The minimum Gasteiger partial charge on any atom is -0.313 e. The Morgan fingerprint density at radius 1 is 1.29 bits per heavy atom. The lowest BCUT2D eigenvalue weighted by molar-refractivity contribution is 0.0926. The average molecular weight is 196 g/mol. The third kappa shape index (κ3) is 2.29. The molecule has 0 aliphatic carbocycles. The van der Waals surface area contributed by atoms with Crippen LogP contribution < -0.4 is 5.32 Å². The monoisotopic (exact) mass is 196 g/mol. The molecule has 0 spiro atoms. The van der Waals surface area contributed by atoms with Gasteiger partial charge in [-0.1, -0.05) is 13.3 Å². The lowest BCUT2D eigenvalue weighted by Crippen LogP contribution is -2.54. The number of nitrogens with zero attached hydrogens (tertiary/aromatic N) is 1. The maximum Gasteiger partial charge on any atom is 0.0207 e. The van der Waals surface area contributed by atoms with Crippen LogP contribution in [0.3, 0.4) is 0 Å². The Morgan fingerprint density at radius 3 is 2.64 bits per heavy atom. The van der Waals surface area contributed by atoms with Crippen LogP contribution in [-0.4, -0.2) is 36.6 Å². The van der Waals surface area contributed by atoms with E-state index in [-0.39, 0.29) is 0 Å². The van der Waals surface area contributed by atoms with E-state index >= 15 is 0 Å². The van der Waals surface area contributed by atoms with Gasteiger partial charge in [0.25, 0.3) is 0 Å². The number of likely N-dealkylation sites (tertiary alicyclic amines) is 1. The van der Waals surface area contributed by atoms with Gasteiger partial charge in [0.1, 0.15) is 0 Å². The molecule has 0 radical (unpaired) electrons. The van der Waals surface area contributed by atoms with Crippen molar-refractivity contribution in [3.05, 3.63) is 0 Å². The first-order valence-corrected chi connectivity index (χ1v) is 6.27. The van der Waals surface area contributed by atoms with Crippen molar-refractivity contribution in [2.24, 2.45) is 5.92 Å². The van der Waals surface area contributed by atoms with Crippen LogP contribution in [0.5, 0.6) is 0 Å². The third-order valence-corrected chi connectivity index (χ3v) is 4.07. The van der Waals surface area contributed by atoms with Gasteiger partial charge < -0.3 is 5.32 Å².